The SMILES string of the molecule is CSc1ccc(-c2nc(N)nc(C3CCCCC3)n2)cc1. The minimum Gasteiger partial charge on any atom is -0.368 e. The number of hydrogen-bond donors (Lipinski definition) is 1. The van der Waals surface area contributed by atoms with Crippen LogP contribution in [-0.4, -0.2) is 21.2 Å². The highest BCUT2D eigenvalue weighted by Crippen LogP contribution is 2.31. The summed E-state index contributed by atoms with van der Waals surface area (Å²) in [5, 5.41) is 0. The summed E-state index contributed by atoms with van der Waals surface area (Å²) >= 11 is 1.72. The zero-order valence-electron chi connectivity index (χ0n) is 12.2. The monoisotopic (exact) mass is 300 g/mol. The van der Waals surface area contributed by atoms with E-state index in [9.17, 15) is 0 Å². The smallest absolute Gasteiger partial charge is 0.223 e. The molecule has 0 amide bonds. The highest BCUT2D eigenvalue weighted by atomic mass is 32.2. The first-order valence-corrected chi connectivity index (χ1v) is 8.64. The van der Waals surface area contributed by atoms with Crippen LogP contribution < -0.4 is 5.73 Å². The lowest BCUT2D eigenvalue weighted by atomic mass is 9.89. The molecule has 2 aromatic rings. The third-order valence-corrected chi connectivity index (χ3v) is 4.73. The maximum Gasteiger partial charge on any atom is 0.223 e. The molecule has 0 atom stereocenters. The van der Waals surface area contributed by atoms with Crippen LogP contribution in [0.1, 0.15) is 43.8 Å². The van der Waals surface area contributed by atoms with Gasteiger partial charge in [-0.3, -0.25) is 0 Å². The van der Waals surface area contributed by atoms with E-state index >= 15 is 0 Å². The van der Waals surface area contributed by atoms with Crippen molar-refractivity contribution in [2.45, 2.75) is 42.9 Å². The van der Waals surface area contributed by atoms with Crippen LogP contribution in [0.15, 0.2) is 29.2 Å². The zero-order valence-corrected chi connectivity index (χ0v) is 13.1. The van der Waals surface area contributed by atoms with Crippen molar-refractivity contribution in [3.05, 3.63) is 30.1 Å². The fourth-order valence-corrected chi connectivity index (χ4v) is 3.23. The summed E-state index contributed by atoms with van der Waals surface area (Å²) in [5.41, 5.74) is 6.89. The number of anilines is 1. The normalized spacial score (nSPS) is 16.0. The largest absolute Gasteiger partial charge is 0.368 e. The van der Waals surface area contributed by atoms with Gasteiger partial charge in [-0.15, -0.1) is 11.8 Å². The van der Waals surface area contributed by atoms with Crippen molar-refractivity contribution in [3.8, 4) is 11.4 Å². The number of rotatable bonds is 3. The Morgan fingerprint density at radius 2 is 1.71 bits per heavy atom. The van der Waals surface area contributed by atoms with Gasteiger partial charge in [0.15, 0.2) is 5.82 Å². The molecule has 0 spiro atoms. The molecule has 0 bridgehead atoms. The molecular formula is C16H20N4S. The first kappa shape index (κ1) is 14.3. The lowest BCUT2D eigenvalue weighted by Gasteiger charge is -2.20. The third kappa shape index (κ3) is 3.35. The number of thioether (sulfide) groups is 1. The van der Waals surface area contributed by atoms with Crippen LogP contribution in [0.4, 0.5) is 5.95 Å². The van der Waals surface area contributed by atoms with E-state index in [1.807, 2.05) is 12.1 Å². The molecule has 1 saturated carbocycles. The molecule has 110 valence electrons. The van der Waals surface area contributed by atoms with Crippen LogP contribution in [0.3, 0.4) is 0 Å². The topological polar surface area (TPSA) is 64.7 Å². The average molecular weight is 300 g/mol. The van der Waals surface area contributed by atoms with Gasteiger partial charge in [-0.1, -0.05) is 31.4 Å². The number of nitrogens with two attached hydrogens (primary N) is 1. The van der Waals surface area contributed by atoms with Crippen LogP contribution >= 0.6 is 11.8 Å². The third-order valence-electron chi connectivity index (χ3n) is 3.99. The summed E-state index contributed by atoms with van der Waals surface area (Å²) in [7, 11) is 0. The highest BCUT2D eigenvalue weighted by molar-refractivity contribution is 7.98. The summed E-state index contributed by atoms with van der Waals surface area (Å²) in [5.74, 6) is 2.32. The molecule has 2 N–H and O–H groups in total. The Morgan fingerprint density at radius 1 is 1.00 bits per heavy atom. The molecule has 1 aliphatic rings. The van der Waals surface area contributed by atoms with Crippen molar-refractivity contribution in [2.24, 2.45) is 0 Å². The minimum absolute atomic E-state index is 0.328. The quantitative estimate of drug-likeness (QED) is 0.871. The number of nitrogens with zero attached hydrogens (tertiary/aromatic N) is 3. The lowest BCUT2D eigenvalue weighted by Crippen LogP contribution is -2.12. The second-order valence-electron chi connectivity index (χ2n) is 5.44. The Labute approximate surface area is 129 Å². The van der Waals surface area contributed by atoms with Crippen LogP contribution in [0.25, 0.3) is 11.4 Å². The molecular weight excluding hydrogens is 280 g/mol. The van der Waals surface area contributed by atoms with Crippen LogP contribution in [0.2, 0.25) is 0 Å². The summed E-state index contributed by atoms with van der Waals surface area (Å²) in [6.07, 6.45) is 8.22. The van der Waals surface area contributed by atoms with Gasteiger partial charge in [-0.2, -0.15) is 9.97 Å². The molecule has 1 aromatic heterocycles. The number of hydrogen-bond acceptors (Lipinski definition) is 5. The number of nitrogen functional groups attached to an aromatic ring is 1. The Bertz CT molecular complexity index is 606. The first-order chi connectivity index (χ1) is 10.3. The lowest BCUT2D eigenvalue weighted by molar-refractivity contribution is 0.428. The van der Waals surface area contributed by atoms with Crippen molar-refractivity contribution in [3.63, 3.8) is 0 Å². The van der Waals surface area contributed by atoms with E-state index in [1.54, 1.807) is 11.8 Å². The molecule has 1 fully saturated rings. The predicted molar refractivity (Wildman–Crippen MR) is 87.3 cm³/mol. The molecule has 1 aromatic carbocycles. The van der Waals surface area contributed by atoms with Gasteiger partial charge in [0, 0.05) is 16.4 Å². The second-order valence-corrected chi connectivity index (χ2v) is 6.32. The average Bonchev–Trinajstić information content (AvgIpc) is 2.55. The number of aromatic nitrogens is 3. The van der Waals surface area contributed by atoms with E-state index in [-0.39, 0.29) is 0 Å². The molecule has 1 heterocycles. The van der Waals surface area contributed by atoms with Gasteiger partial charge in [-0.05, 0) is 31.2 Å². The Kier molecular flexibility index (Phi) is 4.39. The van der Waals surface area contributed by atoms with E-state index in [0.717, 1.165) is 24.2 Å². The highest BCUT2D eigenvalue weighted by Gasteiger charge is 2.20. The van der Waals surface area contributed by atoms with Crippen molar-refractivity contribution < 1.29 is 0 Å². The molecule has 0 saturated heterocycles. The van der Waals surface area contributed by atoms with E-state index in [2.05, 4.69) is 33.3 Å². The van der Waals surface area contributed by atoms with Crippen molar-refractivity contribution >= 4 is 17.7 Å². The molecule has 5 heteroatoms. The van der Waals surface area contributed by atoms with E-state index < -0.39 is 0 Å². The van der Waals surface area contributed by atoms with Crippen molar-refractivity contribution in [2.75, 3.05) is 12.0 Å². The molecule has 3 rings (SSSR count). The van der Waals surface area contributed by atoms with Gasteiger partial charge in [-0.25, -0.2) is 4.98 Å². The van der Waals surface area contributed by atoms with Gasteiger partial charge in [0.2, 0.25) is 5.95 Å². The molecule has 1 aliphatic carbocycles. The van der Waals surface area contributed by atoms with Gasteiger partial charge < -0.3 is 5.73 Å². The van der Waals surface area contributed by atoms with Crippen molar-refractivity contribution in [1.82, 2.24) is 15.0 Å². The van der Waals surface area contributed by atoms with E-state index in [1.165, 1.54) is 24.2 Å². The maximum atomic E-state index is 5.89. The first-order valence-electron chi connectivity index (χ1n) is 7.42. The van der Waals surface area contributed by atoms with Gasteiger partial charge in [0.25, 0.3) is 0 Å². The molecule has 21 heavy (non-hydrogen) atoms. The van der Waals surface area contributed by atoms with Crippen LogP contribution in [-0.2, 0) is 0 Å². The maximum absolute atomic E-state index is 5.89. The molecule has 0 radical (unpaired) electrons. The van der Waals surface area contributed by atoms with E-state index in [4.69, 9.17) is 5.73 Å². The van der Waals surface area contributed by atoms with E-state index in [0.29, 0.717) is 17.7 Å². The summed E-state index contributed by atoms with van der Waals surface area (Å²) < 4.78 is 0. The number of benzene rings is 1. The predicted octanol–water partition coefficient (Wildman–Crippen LogP) is 3.89. The molecule has 0 unspecified atom stereocenters. The Hall–Kier alpha value is -1.62. The molecule has 0 aliphatic heterocycles. The summed E-state index contributed by atoms with van der Waals surface area (Å²) in [4.78, 5) is 14.6. The Morgan fingerprint density at radius 3 is 2.38 bits per heavy atom. The fraction of sp³-hybridized carbons (Fsp3) is 0.438. The van der Waals surface area contributed by atoms with Crippen LogP contribution in [0, 0.1) is 0 Å². The van der Waals surface area contributed by atoms with Gasteiger partial charge in [0.05, 0.1) is 0 Å². The van der Waals surface area contributed by atoms with Crippen molar-refractivity contribution in [1.29, 1.82) is 0 Å². The minimum atomic E-state index is 0.328. The second kappa shape index (κ2) is 6.43. The fourth-order valence-electron chi connectivity index (χ4n) is 2.82. The van der Waals surface area contributed by atoms with Gasteiger partial charge in [0.1, 0.15) is 5.82 Å². The summed E-state index contributed by atoms with van der Waals surface area (Å²) in [6, 6.07) is 8.26. The zero-order chi connectivity index (χ0) is 14.7. The van der Waals surface area contributed by atoms with Gasteiger partial charge >= 0.3 is 0 Å². The molecule has 4 nitrogen and oxygen atoms in total. The summed E-state index contributed by atoms with van der Waals surface area (Å²) in [6.45, 7) is 0. The Balaban J connectivity index is 1.92. The van der Waals surface area contributed by atoms with Crippen LogP contribution in [0.5, 0.6) is 0 Å². The standard InChI is InChI=1S/C16H20N4S/c1-21-13-9-7-12(8-10-13)15-18-14(19-16(17)20-15)11-5-3-2-4-6-11/h7-11H,2-6H2,1H3,(H2,17,18,19,20).